The molecular weight excluding hydrogens is 449 g/mol. The van der Waals surface area contributed by atoms with Gasteiger partial charge in [-0.1, -0.05) is 42.5 Å². The largest absolute Gasteiger partial charge is 0.337 e. The number of hydrogen-bond donors (Lipinski definition) is 0. The Hall–Kier alpha value is -3.99. The second kappa shape index (κ2) is 8.30. The number of hydrogen-bond acceptors (Lipinski definition) is 2. The maximum absolute atomic E-state index is 13.5. The molecule has 4 nitrogen and oxygen atoms in total. The molecule has 4 aromatic rings. The first-order valence-corrected chi connectivity index (χ1v) is 12.3. The normalized spacial score (nSPS) is 22.8. The summed E-state index contributed by atoms with van der Waals surface area (Å²) in [5.74, 6) is 0.449. The first-order chi connectivity index (χ1) is 17.4. The van der Waals surface area contributed by atoms with Crippen molar-refractivity contribution in [3.8, 4) is 5.69 Å². The molecule has 2 heterocycles. The molecule has 1 aliphatic heterocycles. The van der Waals surface area contributed by atoms with Gasteiger partial charge in [0.15, 0.2) is 0 Å². The summed E-state index contributed by atoms with van der Waals surface area (Å²) in [4.78, 5) is 15.3. The van der Waals surface area contributed by atoms with Crippen LogP contribution in [0.25, 0.3) is 16.6 Å². The summed E-state index contributed by atoms with van der Waals surface area (Å²) in [7, 11) is 0. The van der Waals surface area contributed by atoms with E-state index in [1.165, 1.54) is 23.3 Å². The van der Waals surface area contributed by atoms with Crippen molar-refractivity contribution in [1.82, 2.24) is 14.7 Å². The van der Waals surface area contributed by atoms with E-state index in [2.05, 4.69) is 36.8 Å². The molecule has 1 aromatic heterocycles. The van der Waals surface area contributed by atoms with Crippen molar-refractivity contribution in [3.63, 3.8) is 0 Å². The van der Waals surface area contributed by atoms with Crippen LogP contribution in [0.5, 0.6) is 0 Å². The molecule has 6 rings (SSSR count). The third kappa shape index (κ3) is 3.34. The highest BCUT2D eigenvalue weighted by molar-refractivity contribution is 5.95. The molecule has 1 saturated heterocycles. The van der Waals surface area contributed by atoms with Crippen LogP contribution in [0, 0.1) is 24.6 Å². The zero-order chi connectivity index (χ0) is 25.0. The number of nitrogens with zero attached hydrogens (tertiary/aromatic N) is 3. The van der Waals surface area contributed by atoms with Crippen LogP contribution >= 0.6 is 0 Å². The Labute approximate surface area is 210 Å². The van der Waals surface area contributed by atoms with Gasteiger partial charge in [-0.05, 0) is 79.4 Å². The average molecular weight is 478 g/mol. The van der Waals surface area contributed by atoms with Gasteiger partial charge in [0.2, 0.25) is 0 Å². The lowest BCUT2D eigenvalue weighted by Gasteiger charge is -2.26. The number of rotatable bonds is 5. The Balaban J connectivity index is 1.41. The molecule has 2 fully saturated rings. The van der Waals surface area contributed by atoms with Gasteiger partial charge in [-0.15, -0.1) is 0 Å². The lowest BCUT2D eigenvalue weighted by Crippen LogP contribution is -2.35. The first kappa shape index (κ1) is 22.5. The topological polar surface area (TPSA) is 38.1 Å². The van der Waals surface area contributed by atoms with Crippen molar-refractivity contribution < 1.29 is 9.18 Å². The number of amides is 1. The molecule has 1 amide bonds. The van der Waals surface area contributed by atoms with Crippen molar-refractivity contribution in [2.45, 2.75) is 19.3 Å². The zero-order valence-corrected chi connectivity index (χ0v) is 20.5. The molecule has 0 spiro atoms. The van der Waals surface area contributed by atoms with Crippen molar-refractivity contribution in [2.24, 2.45) is 11.8 Å². The highest BCUT2D eigenvalue weighted by atomic mass is 19.1. The standard InChI is InChI=1S/C31H28FN3O/c1-4-8-20(2)29-27-18-34(30(36)22-9-6-5-7-10-22)19-31(27,29)26-16-23-17-33-35(28(23)15-21(26)3)25-13-11-24(32)12-14-25/h4-17,27,29H,2,18-19H2,1,3H3/b8-4-/t27-,29+,31+/m0/s1. The first-order valence-electron chi connectivity index (χ1n) is 12.3. The van der Waals surface area contributed by atoms with E-state index in [0.29, 0.717) is 18.4 Å². The highest BCUT2D eigenvalue weighted by Gasteiger charge is 2.71. The van der Waals surface area contributed by atoms with E-state index in [-0.39, 0.29) is 17.1 Å². The Morgan fingerprint density at radius 2 is 1.89 bits per heavy atom. The number of aryl methyl sites for hydroxylation is 1. The zero-order valence-electron chi connectivity index (χ0n) is 20.5. The number of benzene rings is 3. The van der Waals surface area contributed by atoms with Gasteiger partial charge in [0, 0.05) is 35.4 Å². The molecule has 0 bridgehead atoms. The van der Waals surface area contributed by atoms with Gasteiger partial charge in [-0.25, -0.2) is 9.07 Å². The molecule has 3 atom stereocenters. The molecule has 0 radical (unpaired) electrons. The monoisotopic (exact) mass is 477 g/mol. The average Bonchev–Trinajstić information content (AvgIpc) is 3.15. The molecule has 3 aromatic carbocycles. The number of allylic oxidation sites excluding steroid dienone is 3. The van der Waals surface area contributed by atoms with E-state index in [1.807, 2.05) is 59.1 Å². The van der Waals surface area contributed by atoms with E-state index in [0.717, 1.165) is 34.3 Å². The predicted octanol–water partition coefficient (Wildman–Crippen LogP) is 6.25. The van der Waals surface area contributed by atoms with E-state index in [1.54, 1.807) is 12.1 Å². The van der Waals surface area contributed by atoms with Crippen molar-refractivity contribution >= 4 is 16.8 Å². The number of piperidine rings is 1. The highest BCUT2D eigenvalue weighted by Crippen LogP contribution is 2.67. The van der Waals surface area contributed by atoms with E-state index in [4.69, 9.17) is 0 Å². The van der Waals surface area contributed by atoms with Crippen LogP contribution in [0.3, 0.4) is 0 Å². The SMILES string of the molecule is C=C(/C=C\C)[C@@H]1[C@@H]2CN(C(=O)c3ccccc3)C[C@]12c1cc2cnn(-c3ccc(F)cc3)c2cc1C. The van der Waals surface area contributed by atoms with Crippen LogP contribution in [-0.4, -0.2) is 33.7 Å². The fourth-order valence-electron chi connectivity index (χ4n) is 6.37. The van der Waals surface area contributed by atoms with Crippen LogP contribution < -0.4 is 0 Å². The number of halogens is 1. The number of carbonyl (C=O) groups excluding carboxylic acids is 1. The van der Waals surface area contributed by atoms with Crippen molar-refractivity contribution in [1.29, 1.82) is 0 Å². The fourth-order valence-corrected chi connectivity index (χ4v) is 6.37. The Bertz CT molecular complexity index is 1520. The summed E-state index contributed by atoms with van der Waals surface area (Å²) in [5.41, 5.74) is 5.92. The smallest absolute Gasteiger partial charge is 0.253 e. The van der Waals surface area contributed by atoms with E-state index < -0.39 is 0 Å². The molecule has 5 heteroatoms. The molecule has 0 N–H and O–H groups in total. The lowest BCUT2D eigenvalue weighted by atomic mass is 9.86. The second-order valence-corrected chi connectivity index (χ2v) is 10.0. The van der Waals surface area contributed by atoms with Gasteiger partial charge < -0.3 is 4.90 Å². The second-order valence-electron chi connectivity index (χ2n) is 10.0. The van der Waals surface area contributed by atoms with Gasteiger partial charge >= 0.3 is 0 Å². The van der Waals surface area contributed by atoms with Gasteiger partial charge in [-0.3, -0.25) is 4.79 Å². The summed E-state index contributed by atoms with van der Waals surface area (Å²) in [6.07, 6.45) is 6.02. The molecule has 0 unspecified atom stereocenters. The number of carbonyl (C=O) groups is 1. The Morgan fingerprint density at radius 1 is 1.14 bits per heavy atom. The number of aromatic nitrogens is 2. The minimum absolute atomic E-state index is 0.0837. The van der Waals surface area contributed by atoms with Crippen molar-refractivity contribution in [2.75, 3.05) is 13.1 Å². The summed E-state index contributed by atoms with van der Waals surface area (Å²) in [6.45, 7) is 9.94. The maximum Gasteiger partial charge on any atom is 0.253 e. The van der Waals surface area contributed by atoms with Crippen molar-refractivity contribution in [3.05, 3.63) is 120 Å². The van der Waals surface area contributed by atoms with E-state index >= 15 is 0 Å². The summed E-state index contributed by atoms with van der Waals surface area (Å²) >= 11 is 0. The molecule has 1 saturated carbocycles. The van der Waals surface area contributed by atoms with Crippen LogP contribution in [0.2, 0.25) is 0 Å². The predicted molar refractivity (Wildman–Crippen MR) is 141 cm³/mol. The van der Waals surface area contributed by atoms with E-state index in [9.17, 15) is 9.18 Å². The van der Waals surface area contributed by atoms with Crippen LogP contribution in [0.4, 0.5) is 4.39 Å². The third-order valence-electron chi connectivity index (χ3n) is 7.95. The van der Waals surface area contributed by atoms with Gasteiger partial charge in [0.05, 0.1) is 17.4 Å². The van der Waals surface area contributed by atoms with Crippen LogP contribution in [-0.2, 0) is 5.41 Å². The quantitative estimate of drug-likeness (QED) is 0.319. The minimum Gasteiger partial charge on any atom is -0.337 e. The minimum atomic E-state index is -0.268. The van der Waals surface area contributed by atoms with Crippen LogP contribution in [0.1, 0.15) is 28.4 Å². The van der Waals surface area contributed by atoms with Gasteiger partial charge in [-0.2, -0.15) is 5.10 Å². The third-order valence-corrected chi connectivity index (χ3v) is 7.95. The lowest BCUT2D eigenvalue weighted by molar-refractivity contribution is 0.0766. The number of fused-ring (bicyclic) bond motifs is 2. The number of likely N-dealkylation sites (tertiary alicyclic amines) is 1. The Morgan fingerprint density at radius 3 is 2.61 bits per heavy atom. The maximum atomic E-state index is 13.5. The summed E-state index contributed by atoms with van der Waals surface area (Å²) in [5, 5.41) is 5.64. The molecule has 2 aliphatic rings. The molecular formula is C31H28FN3O. The van der Waals surface area contributed by atoms with Gasteiger partial charge in [0.1, 0.15) is 5.82 Å². The molecule has 180 valence electrons. The summed E-state index contributed by atoms with van der Waals surface area (Å²) in [6, 6.07) is 20.3. The van der Waals surface area contributed by atoms with Crippen LogP contribution in [0.15, 0.2) is 97.2 Å². The Kier molecular flexibility index (Phi) is 5.18. The fraction of sp³-hybridized carbons (Fsp3) is 0.226. The van der Waals surface area contributed by atoms with Gasteiger partial charge in [0.25, 0.3) is 5.91 Å². The molecule has 36 heavy (non-hydrogen) atoms. The molecule has 1 aliphatic carbocycles. The summed E-state index contributed by atoms with van der Waals surface area (Å²) < 4.78 is 15.3.